The van der Waals surface area contributed by atoms with E-state index in [4.69, 9.17) is 17.0 Å². The van der Waals surface area contributed by atoms with Crippen molar-refractivity contribution >= 4 is 23.0 Å². The highest BCUT2D eigenvalue weighted by Crippen LogP contribution is 2.37. The Labute approximate surface area is 135 Å². The van der Waals surface area contributed by atoms with Crippen LogP contribution in [0.15, 0.2) is 47.6 Å². The largest absolute Gasteiger partial charge is 0.497 e. The van der Waals surface area contributed by atoms with Gasteiger partial charge in [-0.1, -0.05) is 24.3 Å². The average Bonchev–Trinajstić information content (AvgIpc) is 3.07. The van der Waals surface area contributed by atoms with Crippen molar-refractivity contribution in [3.05, 3.63) is 58.7 Å². The molecule has 0 saturated heterocycles. The lowest BCUT2D eigenvalue weighted by Crippen LogP contribution is -2.49. The third-order valence-corrected chi connectivity index (χ3v) is 4.82. The Bertz CT molecular complexity index is 745. The molecule has 3 aliphatic rings. The number of hydrogen-bond donors (Lipinski definition) is 2. The van der Waals surface area contributed by atoms with Gasteiger partial charge < -0.3 is 15.4 Å². The van der Waals surface area contributed by atoms with Gasteiger partial charge in [-0.3, -0.25) is 0 Å². The van der Waals surface area contributed by atoms with Crippen LogP contribution in [0, 0.1) is 0 Å². The molecule has 3 nitrogen and oxygen atoms in total. The number of hydrogen-bond acceptors (Lipinski definition) is 2. The fraction of sp³-hybridized carbons (Fsp3) is 0.278. The van der Waals surface area contributed by atoms with Crippen molar-refractivity contribution in [1.82, 2.24) is 10.6 Å². The van der Waals surface area contributed by atoms with E-state index in [0.29, 0.717) is 5.11 Å². The Kier molecular flexibility index (Phi) is 3.26. The molecule has 2 N–H and O–H groups in total. The zero-order valence-electron chi connectivity index (χ0n) is 12.5. The minimum absolute atomic E-state index is 0.220. The van der Waals surface area contributed by atoms with Gasteiger partial charge >= 0.3 is 0 Å². The average molecular weight is 310 g/mol. The summed E-state index contributed by atoms with van der Waals surface area (Å²) in [5.74, 6) is 0.886. The van der Waals surface area contributed by atoms with Crippen LogP contribution in [0.3, 0.4) is 0 Å². The minimum atomic E-state index is 0.220. The maximum Gasteiger partial charge on any atom is 0.171 e. The predicted molar refractivity (Wildman–Crippen MR) is 92.7 cm³/mol. The van der Waals surface area contributed by atoms with Gasteiger partial charge in [0.1, 0.15) is 5.75 Å². The molecule has 2 aliphatic carbocycles. The van der Waals surface area contributed by atoms with Crippen molar-refractivity contribution in [2.75, 3.05) is 7.11 Å². The summed E-state index contributed by atoms with van der Waals surface area (Å²) >= 11 is 5.44. The lowest BCUT2D eigenvalue weighted by atomic mass is 9.82. The Morgan fingerprint density at radius 1 is 1.27 bits per heavy atom. The molecule has 0 aromatic heterocycles. The van der Waals surface area contributed by atoms with E-state index >= 15 is 0 Å². The molecule has 0 fully saturated rings. The highest BCUT2D eigenvalue weighted by Gasteiger charge is 2.31. The van der Waals surface area contributed by atoms with Crippen LogP contribution in [0.4, 0.5) is 0 Å². The summed E-state index contributed by atoms with van der Waals surface area (Å²) in [6, 6.07) is 6.53. The Balaban J connectivity index is 1.82. The van der Waals surface area contributed by atoms with Gasteiger partial charge in [-0.25, -0.2) is 0 Å². The fourth-order valence-electron chi connectivity index (χ4n) is 3.50. The maximum atomic E-state index is 5.44. The van der Waals surface area contributed by atoms with Crippen LogP contribution in [0.5, 0.6) is 5.75 Å². The highest BCUT2D eigenvalue weighted by atomic mass is 32.1. The molecule has 22 heavy (non-hydrogen) atoms. The topological polar surface area (TPSA) is 33.3 Å². The molecule has 1 aromatic rings. The summed E-state index contributed by atoms with van der Waals surface area (Å²) in [5, 5.41) is 7.52. The van der Waals surface area contributed by atoms with Crippen molar-refractivity contribution in [2.45, 2.75) is 25.3 Å². The second-order valence-corrected chi connectivity index (χ2v) is 6.24. The first-order valence-electron chi connectivity index (χ1n) is 7.59. The van der Waals surface area contributed by atoms with Crippen molar-refractivity contribution in [2.24, 2.45) is 0 Å². The normalized spacial score (nSPS) is 22.5. The smallest absolute Gasteiger partial charge is 0.171 e. The number of aryl methyl sites for hydroxylation is 1. The van der Waals surface area contributed by atoms with Crippen LogP contribution in [0.1, 0.15) is 24.0 Å². The first-order valence-corrected chi connectivity index (χ1v) is 8.00. The van der Waals surface area contributed by atoms with E-state index < -0.39 is 0 Å². The Morgan fingerprint density at radius 2 is 2.18 bits per heavy atom. The van der Waals surface area contributed by atoms with Gasteiger partial charge in [0.25, 0.3) is 0 Å². The van der Waals surface area contributed by atoms with Gasteiger partial charge in [0, 0.05) is 11.3 Å². The lowest BCUT2D eigenvalue weighted by Gasteiger charge is -2.36. The molecule has 1 aliphatic heterocycles. The third kappa shape index (κ3) is 2.15. The summed E-state index contributed by atoms with van der Waals surface area (Å²) in [4.78, 5) is 0. The second-order valence-electron chi connectivity index (χ2n) is 5.83. The predicted octanol–water partition coefficient (Wildman–Crippen LogP) is 3.09. The molecule has 4 heteroatoms. The zero-order valence-corrected chi connectivity index (χ0v) is 13.3. The van der Waals surface area contributed by atoms with Crippen LogP contribution >= 0.6 is 12.2 Å². The van der Waals surface area contributed by atoms with Crippen LogP contribution in [0.25, 0.3) is 5.70 Å². The minimum Gasteiger partial charge on any atom is -0.497 e. The summed E-state index contributed by atoms with van der Waals surface area (Å²) in [7, 11) is 1.71. The molecule has 0 radical (unpaired) electrons. The van der Waals surface area contributed by atoms with Gasteiger partial charge in [-0.2, -0.15) is 0 Å². The van der Waals surface area contributed by atoms with E-state index in [1.54, 1.807) is 7.11 Å². The molecule has 0 saturated carbocycles. The number of ether oxygens (including phenoxy) is 1. The third-order valence-electron chi connectivity index (χ3n) is 4.60. The van der Waals surface area contributed by atoms with Gasteiger partial charge in [0.2, 0.25) is 0 Å². The van der Waals surface area contributed by atoms with Crippen molar-refractivity contribution in [1.29, 1.82) is 0 Å². The second kappa shape index (κ2) is 5.29. The lowest BCUT2D eigenvalue weighted by molar-refractivity contribution is 0.414. The molecule has 1 unspecified atom stereocenters. The summed E-state index contributed by atoms with van der Waals surface area (Å²) < 4.78 is 5.39. The quantitative estimate of drug-likeness (QED) is 0.823. The number of nitrogens with one attached hydrogen (secondary N) is 2. The van der Waals surface area contributed by atoms with E-state index in [2.05, 4.69) is 41.0 Å². The molecule has 1 aromatic carbocycles. The van der Waals surface area contributed by atoms with Crippen molar-refractivity contribution in [3.8, 4) is 5.75 Å². The van der Waals surface area contributed by atoms with Crippen LogP contribution < -0.4 is 15.4 Å². The fourth-order valence-corrected chi connectivity index (χ4v) is 3.72. The number of allylic oxidation sites excluding steroid dienone is 3. The standard InChI is InChI=1S/C18H18N2OS/c1-21-13-8-6-11-7-9-14-16(12-4-2-3-5-12)19-18(22)20-17(14)15(11)10-13/h2-4,6,8,10,16H,5,7,9H2,1H3,(H2,19,20,22). The van der Waals surface area contributed by atoms with Crippen LogP contribution in [-0.4, -0.2) is 18.3 Å². The molecule has 4 rings (SSSR count). The Hall–Kier alpha value is -2.07. The number of fused-ring (bicyclic) bond motifs is 2. The number of rotatable bonds is 2. The monoisotopic (exact) mass is 310 g/mol. The molecule has 1 heterocycles. The summed E-state index contributed by atoms with van der Waals surface area (Å²) in [6.45, 7) is 0. The van der Waals surface area contributed by atoms with Crippen molar-refractivity contribution in [3.63, 3.8) is 0 Å². The van der Waals surface area contributed by atoms with Gasteiger partial charge in [-0.15, -0.1) is 0 Å². The summed E-state index contributed by atoms with van der Waals surface area (Å²) in [5.41, 5.74) is 6.55. The highest BCUT2D eigenvalue weighted by molar-refractivity contribution is 7.80. The maximum absolute atomic E-state index is 5.44. The van der Waals surface area contributed by atoms with Crippen LogP contribution in [-0.2, 0) is 6.42 Å². The number of methoxy groups -OCH3 is 1. The first kappa shape index (κ1) is 13.6. The van der Waals surface area contributed by atoms with Gasteiger partial charge in [0.05, 0.1) is 13.2 Å². The molecular weight excluding hydrogens is 292 g/mol. The summed E-state index contributed by atoms with van der Waals surface area (Å²) in [6.07, 6.45) is 9.65. The van der Waals surface area contributed by atoms with E-state index in [1.807, 2.05) is 6.07 Å². The molecule has 0 bridgehead atoms. The van der Waals surface area contributed by atoms with Gasteiger partial charge in [-0.05, 0) is 60.3 Å². The van der Waals surface area contributed by atoms with E-state index in [1.165, 1.54) is 28.0 Å². The van der Waals surface area contributed by atoms with E-state index in [9.17, 15) is 0 Å². The van der Waals surface area contributed by atoms with E-state index in [-0.39, 0.29) is 6.04 Å². The van der Waals surface area contributed by atoms with E-state index in [0.717, 1.165) is 25.0 Å². The molecule has 112 valence electrons. The molecule has 0 amide bonds. The molecule has 0 spiro atoms. The first-order chi connectivity index (χ1) is 10.8. The molecular formula is C18H18N2OS. The SMILES string of the molecule is COc1ccc2c(c1)C1=C(CC2)C(C2=CC=CC2)NC(=S)N1. The number of benzene rings is 1. The van der Waals surface area contributed by atoms with Gasteiger partial charge in [0.15, 0.2) is 5.11 Å². The molecule has 1 atom stereocenters. The van der Waals surface area contributed by atoms with Crippen LogP contribution in [0.2, 0.25) is 0 Å². The van der Waals surface area contributed by atoms with Crippen molar-refractivity contribution < 1.29 is 4.74 Å². The number of thiocarbonyl (C=S) groups is 1. The zero-order chi connectivity index (χ0) is 15.1. The Morgan fingerprint density at radius 3 is 2.95 bits per heavy atom.